The average Bonchev–Trinajstić information content (AvgIpc) is 3.15. The molecule has 0 radical (unpaired) electrons. The molecule has 1 aliphatic rings. The number of hydrogen-bond acceptors (Lipinski definition) is 3. The maximum atomic E-state index is 12.3. The molecule has 0 atom stereocenters. The number of benzene rings is 1. The van der Waals surface area contributed by atoms with Gasteiger partial charge in [0.15, 0.2) is 0 Å². The van der Waals surface area contributed by atoms with Gasteiger partial charge in [-0.15, -0.1) is 0 Å². The van der Waals surface area contributed by atoms with Gasteiger partial charge >= 0.3 is 0 Å². The van der Waals surface area contributed by atoms with Crippen molar-refractivity contribution in [1.29, 1.82) is 0 Å². The third-order valence-corrected chi connectivity index (χ3v) is 4.32. The molecule has 0 bridgehead atoms. The van der Waals surface area contributed by atoms with Crippen molar-refractivity contribution in [2.24, 2.45) is 0 Å². The van der Waals surface area contributed by atoms with Crippen molar-refractivity contribution < 1.29 is 4.79 Å². The second kappa shape index (κ2) is 7.27. The van der Waals surface area contributed by atoms with Crippen LogP contribution in [0, 0.1) is 0 Å². The molecule has 1 amide bonds. The topological polar surface area (TPSA) is 36.4 Å². The molecule has 23 heavy (non-hydrogen) atoms. The highest BCUT2D eigenvalue weighted by molar-refractivity contribution is 5.92. The molecule has 0 unspecified atom stereocenters. The number of hydrogen-bond donors (Lipinski definition) is 0. The normalized spacial score (nSPS) is 14.0. The zero-order valence-electron chi connectivity index (χ0n) is 13.6. The molecule has 0 spiro atoms. The third-order valence-electron chi connectivity index (χ3n) is 4.32. The molecule has 0 aliphatic carbocycles. The Morgan fingerprint density at radius 3 is 2.48 bits per heavy atom. The van der Waals surface area contributed by atoms with Crippen LogP contribution in [0.2, 0.25) is 0 Å². The van der Waals surface area contributed by atoms with E-state index in [2.05, 4.69) is 41.1 Å². The van der Waals surface area contributed by atoms with Crippen molar-refractivity contribution >= 4 is 11.6 Å². The second-order valence-electron chi connectivity index (χ2n) is 5.90. The standard InChI is InChI=1S/C19H23N3O/c1-2-21(15-16-8-4-3-5-9-16)17-10-11-18(20-14-17)19(23)22-12-6-7-13-22/h3-5,8-11,14H,2,6-7,12-13,15H2,1H3. The minimum Gasteiger partial charge on any atom is -0.366 e. The Morgan fingerprint density at radius 2 is 1.87 bits per heavy atom. The summed E-state index contributed by atoms with van der Waals surface area (Å²) in [6.07, 6.45) is 4.02. The van der Waals surface area contributed by atoms with Crippen LogP contribution in [0.4, 0.5) is 5.69 Å². The summed E-state index contributed by atoms with van der Waals surface area (Å²) in [7, 11) is 0. The minimum atomic E-state index is 0.0557. The summed E-state index contributed by atoms with van der Waals surface area (Å²) < 4.78 is 0. The first-order valence-electron chi connectivity index (χ1n) is 8.32. The highest BCUT2D eigenvalue weighted by Crippen LogP contribution is 2.18. The van der Waals surface area contributed by atoms with Gasteiger partial charge in [-0.05, 0) is 37.5 Å². The summed E-state index contributed by atoms with van der Waals surface area (Å²) in [6.45, 7) is 5.59. The number of carbonyl (C=O) groups excluding carboxylic acids is 1. The van der Waals surface area contributed by atoms with Crippen molar-refractivity contribution in [2.75, 3.05) is 24.5 Å². The van der Waals surface area contributed by atoms with Gasteiger partial charge in [0.2, 0.25) is 0 Å². The smallest absolute Gasteiger partial charge is 0.272 e. The van der Waals surface area contributed by atoms with E-state index in [1.165, 1.54) is 5.56 Å². The highest BCUT2D eigenvalue weighted by Gasteiger charge is 2.20. The van der Waals surface area contributed by atoms with Gasteiger partial charge in [-0.2, -0.15) is 0 Å². The minimum absolute atomic E-state index is 0.0557. The number of aromatic nitrogens is 1. The molecular weight excluding hydrogens is 286 g/mol. The lowest BCUT2D eigenvalue weighted by Crippen LogP contribution is -2.28. The largest absolute Gasteiger partial charge is 0.366 e. The maximum absolute atomic E-state index is 12.3. The van der Waals surface area contributed by atoms with Gasteiger partial charge in [-0.1, -0.05) is 30.3 Å². The summed E-state index contributed by atoms with van der Waals surface area (Å²) >= 11 is 0. The summed E-state index contributed by atoms with van der Waals surface area (Å²) in [5.41, 5.74) is 2.87. The lowest BCUT2D eigenvalue weighted by Gasteiger charge is -2.23. The number of carbonyl (C=O) groups is 1. The molecule has 1 aliphatic heterocycles. The Bertz CT molecular complexity index is 633. The Morgan fingerprint density at radius 1 is 1.13 bits per heavy atom. The van der Waals surface area contributed by atoms with Gasteiger partial charge in [0.05, 0.1) is 11.9 Å². The van der Waals surface area contributed by atoms with E-state index in [9.17, 15) is 4.79 Å². The second-order valence-corrected chi connectivity index (χ2v) is 5.90. The lowest BCUT2D eigenvalue weighted by atomic mass is 10.2. The summed E-state index contributed by atoms with van der Waals surface area (Å²) in [6, 6.07) is 14.2. The van der Waals surface area contributed by atoms with Crippen molar-refractivity contribution in [1.82, 2.24) is 9.88 Å². The Labute approximate surface area is 137 Å². The zero-order chi connectivity index (χ0) is 16.1. The predicted molar refractivity (Wildman–Crippen MR) is 92.5 cm³/mol. The van der Waals surface area contributed by atoms with E-state index in [-0.39, 0.29) is 5.91 Å². The molecule has 2 aromatic rings. The Hall–Kier alpha value is -2.36. The van der Waals surface area contributed by atoms with E-state index in [1.807, 2.05) is 29.3 Å². The molecule has 4 nitrogen and oxygen atoms in total. The summed E-state index contributed by atoms with van der Waals surface area (Å²) in [4.78, 5) is 20.9. The van der Waals surface area contributed by atoms with Gasteiger partial charge in [0.1, 0.15) is 5.69 Å². The van der Waals surface area contributed by atoms with E-state index >= 15 is 0 Å². The van der Waals surface area contributed by atoms with Crippen LogP contribution in [-0.2, 0) is 6.54 Å². The van der Waals surface area contributed by atoms with E-state index < -0.39 is 0 Å². The van der Waals surface area contributed by atoms with Gasteiger partial charge in [-0.3, -0.25) is 4.79 Å². The molecule has 2 heterocycles. The number of amides is 1. The molecule has 0 saturated carbocycles. The van der Waals surface area contributed by atoms with E-state index in [1.54, 1.807) is 0 Å². The van der Waals surface area contributed by atoms with Crippen molar-refractivity contribution in [3.05, 3.63) is 59.9 Å². The van der Waals surface area contributed by atoms with Crippen molar-refractivity contribution in [3.8, 4) is 0 Å². The molecule has 1 aromatic heterocycles. The molecule has 1 saturated heterocycles. The maximum Gasteiger partial charge on any atom is 0.272 e. The summed E-state index contributed by atoms with van der Waals surface area (Å²) in [5.74, 6) is 0.0557. The predicted octanol–water partition coefficient (Wildman–Crippen LogP) is 3.34. The van der Waals surface area contributed by atoms with Crippen LogP contribution in [0.25, 0.3) is 0 Å². The van der Waals surface area contributed by atoms with Gasteiger partial charge in [-0.25, -0.2) is 4.98 Å². The molecule has 3 rings (SSSR count). The molecule has 4 heteroatoms. The van der Waals surface area contributed by atoms with Crippen LogP contribution >= 0.6 is 0 Å². The fourth-order valence-corrected chi connectivity index (χ4v) is 2.97. The van der Waals surface area contributed by atoms with Crippen LogP contribution in [-0.4, -0.2) is 35.4 Å². The molecule has 1 fully saturated rings. The fourth-order valence-electron chi connectivity index (χ4n) is 2.97. The van der Waals surface area contributed by atoms with E-state index in [4.69, 9.17) is 0 Å². The van der Waals surface area contributed by atoms with Crippen LogP contribution in [0.5, 0.6) is 0 Å². The molecule has 120 valence electrons. The first kappa shape index (κ1) is 15.5. The van der Waals surface area contributed by atoms with Crippen LogP contribution < -0.4 is 4.90 Å². The van der Waals surface area contributed by atoms with Crippen LogP contribution in [0.3, 0.4) is 0 Å². The lowest BCUT2D eigenvalue weighted by molar-refractivity contribution is 0.0787. The van der Waals surface area contributed by atoms with Crippen molar-refractivity contribution in [3.63, 3.8) is 0 Å². The van der Waals surface area contributed by atoms with Gasteiger partial charge < -0.3 is 9.80 Å². The first-order chi connectivity index (χ1) is 11.3. The SMILES string of the molecule is CCN(Cc1ccccc1)c1ccc(C(=O)N2CCCC2)nc1. The van der Waals surface area contributed by atoms with Gasteiger partial charge in [0, 0.05) is 26.2 Å². The number of anilines is 1. The number of rotatable bonds is 5. The fraction of sp³-hybridized carbons (Fsp3) is 0.368. The van der Waals surface area contributed by atoms with Crippen LogP contribution in [0.1, 0.15) is 35.8 Å². The van der Waals surface area contributed by atoms with Gasteiger partial charge in [0.25, 0.3) is 5.91 Å². The molecule has 1 aromatic carbocycles. The highest BCUT2D eigenvalue weighted by atomic mass is 16.2. The third kappa shape index (κ3) is 3.70. The Balaban J connectivity index is 1.71. The number of pyridine rings is 1. The first-order valence-corrected chi connectivity index (χ1v) is 8.32. The quantitative estimate of drug-likeness (QED) is 0.850. The monoisotopic (exact) mass is 309 g/mol. The number of likely N-dealkylation sites (tertiary alicyclic amines) is 1. The molecular formula is C19H23N3O. The average molecular weight is 309 g/mol. The number of nitrogens with zero attached hydrogens (tertiary/aromatic N) is 3. The zero-order valence-corrected chi connectivity index (χ0v) is 13.6. The molecule has 0 N–H and O–H groups in total. The van der Waals surface area contributed by atoms with Crippen molar-refractivity contribution in [2.45, 2.75) is 26.3 Å². The Kier molecular flexibility index (Phi) is 4.91. The van der Waals surface area contributed by atoms with E-state index in [0.29, 0.717) is 5.69 Å². The summed E-state index contributed by atoms with van der Waals surface area (Å²) in [5, 5.41) is 0. The van der Waals surface area contributed by atoms with E-state index in [0.717, 1.165) is 44.7 Å². The van der Waals surface area contributed by atoms with Crippen LogP contribution in [0.15, 0.2) is 48.7 Å².